The summed E-state index contributed by atoms with van der Waals surface area (Å²) in [5.41, 5.74) is 1.73. The van der Waals surface area contributed by atoms with Crippen LogP contribution in [0.1, 0.15) is 38.8 Å². The van der Waals surface area contributed by atoms with Crippen molar-refractivity contribution in [2.24, 2.45) is 10.2 Å². The number of rotatable bonds is 2. The first-order valence-corrected chi connectivity index (χ1v) is 11.3. The molecule has 0 aliphatic rings. The molecule has 3 rings (SSSR count). The summed E-state index contributed by atoms with van der Waals surface area (Å²) in [6, 6.07) is 17.0. The van der Waals surface area contributed by atoms with Gasteiger partial charge in [0.15, 0.2) is 5.75 Å². The summed E-state index contributed by atoms with van der Waals surface area (Å²) in [5.74, 6) is -0.236. The Morgan fingerprint density at radius 3 is 1.63 bits per heavy atom. The monoisotopic (exact) mass is 434 g/mol. The standard InChI is InChI=1S/C13H16N2O4S.C6H6.2C2H6/c1-7-4-5-9-10(8(7)2)6-11(20(17,18)19)12(13(9)16)15-14-3;1-2-4-6-5-3-1;2*1-2/h4-6,16-19H,1-3H3;1-6H;2*1-2H3. The maximum Gasteiger partial charge on any atom is 0.152 e. The molecular formula is C23H34N2O4S. The van der Waals surface area contributed by atoms with E-state index in [9.17, 15) is 18.8 Å². The lowest BCUT2D eigenvalue weighted by Gasteiger charge is -2.22. The van der Waals surface area contributed by atoms with E-state index in [1.54, 1.807) is 6.07 Å². The van der Waals surface area contributed by atoms with Crippen LogP contribution in [0.2, 0.25) is 0 Å². The molecule has 0 radical (unpaired) electrons. The van der Waals surface area contributed by atoms with Gasteiger partial charge in [0.2, 0.25) is 0 Å². The molecule has 3 aromatic rings. The number of fused-ring (bicyclic) bond motifs is 1. The molecule has 6 nitrogen and oxygen atoms in total. The molecule has 0 saturated heterocycles. The lowest BCUT2D eigenvalue weighted by Crippen LogP contribution is -1.97. The van der Waals surface area contributed by atoms with Gasteiger partial charge in [0, 0.05) is 12.4 Å². The van der Waals surface area contributed by atoms with Crippen LogP contribution in [0.15, 0.2) is 69.7 Å². The van der Waals surface area contributed by atoms with E-state index in [-0.39, 0.29) is 16.3 Å². The number of azo groups is 1. The van der Waals surface area contributed by atoms with Gasteiger partial charge >= 0.3 is 0 Å². The molecule has 0 amide bonds. The van der Waals surface area contributed by atoms with Gasteiger partial charge in [0.1, 0.15) is 16.6 Å². The second-order valence-corrected chi connectivity index (χ2v) is 7.13. The molecule has 0 saturated carbocycles. The summed E-state index contributed by atoms with van der Waals surface area (Å²) in [4.78, 5) is -0.234. The maximum absolute atomic E-state index is 10.3. The molecule has 7 heteroatoms. The zero-order valence-electron chi connectivity index (χ0n) is 18.8. The largest absolute Gasteiger partial charge is 0.505 e. The SMILES string of the molecule is CC.CC.CN=Nc1c(S(O)(O)O)cc2c(C)c(C)ccc2c1O.c1ccccc1. The lowest BCUT2D eigenvalue weighted by molar-refractivity contribution is 0.375. The Bertz CT molecular complexity index is 897. The van der Waals surface area contributed by atoms with Crippen LogP contribution < -0.4 is 0 Å². The first-order valence-electron chi connectivity index (χ1n) is 9.83. The van der Waals surface area contributed by atoms with Gasteiger partial charge in [-0.05, 0) is 36.4 Å². The molecular weight excluding hydrogens is 400 g/mol. The smallest absolute Gasteiger partial charge is 0.152 e. The van der Waals surface area contributed by atoms with Gasteiger partial charge in [-0.1, -0.05) is 76.2 Å². The predicted octanol–water partition coefficient (Wildman–Crippen LogP) is 8.20. The Labute approximate surface area is 181 Å². The van der Waals surface area contributed by atoms with Crippen molar-refractivity contribution in [1.29, 1.82) is 0 Å². The van der Waals surface area contributed by atoms with Crippen molar-refractivity contribution in [2.75, 3.05) is 7.05 Å². The average Bonchev–Trinajstić information content (AvgIpc) is 2.76. The van der Waals surface area contributed by atoms with Gasteiger partial charge in [0.05, 0.1) is 4.90 Å². The van der Waals surface area contributed by atoms with Crippen LogP contribution in [0.5, 0.6) is 5.75 Å². The summed E-state index contributed by atoms with van der Waals surface area (Å²) < 4.78 is 28.6. The topological polar surface area (TPSA) is 106 Å². The Balaban J connectivity index is 0.000000702. The second kappa shape index (κ2) is 13.7. The molecule has 166 valence electrons. The molecule has 0 aromatic heterocycles. The van der Waals surface area contributed by atoms with E-state index in [2.05, 4.69) is 10.2 Å². The Morgan fingerprint density at radius 1 is 0.767 bits per heavy atom. The highest BCUT2D eigenvalue weighted by atomic mass is 32.3. The number of hydrogen-bond donors (Lipinski definition) is 4. The second-order valence-electron chi connectivity index (χ2n) is 5.65. The third-order valence-corrected chi connectivity index (χ3v) is 4.84. The van der Waals surface area contributed by atoms with Crippen LogP contribution >= 0.6 is 10.9 Å². The van der Waals surface area contributed by atoms with Crippen molar-refractivity contribution in [3.63, 3.8) is 0 Å². The van der Waals surface area contributed by atoms with Crippen LogP contribution in [0.4, 0.5) is 5.69 Å². The molecule has 0 aliphatic carbocycles. The van der Waals surface area contributed by atoms with Gasteiger partial charge in [-0.2, -0.15) is 10.2 Å². The molecule has 0 fully saturated rings. The van der Waals surface area contributed by atoms with E-state index in [0.717, 1.165) is 11.1 Å². The minimum Gasteiger partial charge on any atom is -0.505 e. The zero-order chi connectivity index (χ0) is 23.3. The zero-order valence-corrected chi connectivity index (χ0v) is 19.6. The van der Waals surface area contributed by atoms with Crippen molar-refractivity contribution < 1.29 is 18.8 Å². The first kappa shape index (κ1) is 27.5. The molecule has 4 N–H and O–H groups in total. The number of nitrogens with zero attached hydrogens (tertiary/aromatic N) is 2. The van der Waals surface area contributed by atoms with Gasteiger partial charge in [0.25, 0.3) is 0 Å². The van der Waals surface area contributed by atoms with Crippen molar-refractivity contribution in [3.05, 3.63) is 65.7 Å². The fourth-order valence-electron chi connectivity index (χ4n) is 2.46. The van der Waals surface area contributed by atoms with Crippen LogP contribution in [0.3, 0.4) is 0 Å². The molecule has 0 aliphatic heterocycles. The molecule has 0 unspecified atom stereocenters. The van der Waals surface area contributed by atoms with E-state index >= 15 is 0 Å². The highest BCUT2D eigenvalue weighted by molar-refractivity contribution is 8.19. The van der Waals surface area contributed by atoms with Gasteiger partial charge in [-0.15, -0.1) is 0 Å². The minimum atomic E-state index is -4.01. The number of aryl methyl sites for hydroxylation is 2. The van der Waals surface area contributed by atoms with E-state index in [0.29, 0.717) is 10.8 Å². The lowest BCUT2D eigenvalue weighted by atomic mass is 10.00. The number of aromatic hydroxyl groups is 1. The van der Waals surface area contributed by atoms with E-state index < -0.39 is 10.9 Å². The maximum atomic E-state index is 10.3. The highest BCUT2D eigenvalue weighted by Gasteiger charge is 2.25. The summed E-state index contributed by atoms with van der Waals surface area (Å²) >= 11 is 0. The number of benzene rings is 3. The van der Waals surface area contributed by atoms with Crippen molar-refractivity contribution in [1.82, 2.24) is 0 Å². The fourth-order valence-corrected chi connectivity index (χ4v) is 3.14. The highest BCUT2D eigenvalue weighted by Crippen LogP contribution is 2.54. The molecule has 0 atom stereocenters. The van der Waals surface area contributed by atoms with Gasteiger partial charge < -0.3 is 18.8 Å². The van der Waals surface area contributed by atoms with Crippen molar-refractivity contribution >= 4 is 27.3 Å². The predicted molar refractivity (Wildman–Crippen MR) is 128 cm³/mol. The van der Waals surface area contributed by atoms with Gasteiger partial charge in [-0.3, -0.25) is 0 Å². The molecule has 0 spiro atoms. The van der Waals surface area contributed by atoms with E-state index in [1.165, 1.54) is 13.1 Å². The summed E-state index contributed by atoms with van der Waals surface area (Å²) in [7, 11) is -2.63. The molecule has 0 bridgehead atoms. The first-order chi connectivity index (χ1) is 14.3. The van der Waals surface area contributed by atoms with Crippen molar-refractivity contribution in [3.8, 4) is 5.75 Å². The Morgan fingerprint density at radius 2 is 1.23 bits per heavy atom. The molecule has 30 heavy (non-hydrogen) atoms. The summed E-state index contributed by atoms with van der Waals surface area (Å²) in [6.45, 7) is 11.8. The average molecular weight is 435 g/mol. The molecule has 0 heterocycles. The van der Waals surface area contributed by atoms with Crippen LogP contribution in [0, 0.1) is 13.8 Å². The number of phenolic OH excluding ortho intramolecular Hbond substituents is 1. The summed E-state index contributed by atoms with van der Waals surface area (Å²) in [6.07, 6.45) is 0. The van der Waals surface area contributed by atoms with Crippen molar-refractivity contribution in [2.45, 2.75) is 46.4 Å². The fraction of sp³-hybridized carbons (Fsp3) is 0.304. The van der Waals surface area contributed by atoms with E-state index in [4.69, 9.17) is 0 Å². The van der Waals surface area contributed by atoms with Crippen LogP contribution in [-0.2, 0) is 0 Å². The summed E-state index contributed by atoms with van der Waals surface area (Å²) in [5, 5.41) is 18.6. The third-order valence-electron chi connectivity index (χ3n) is 3.94. The number of phenols is 1. The van der Waals surface area contributed by atoms with Crippen LogP contribution in [-0.4, -0.2) is 25.8 Å². The normalized spacial score (nSPS) is 10.9. The minimum absolute atomic E-state index is 0.134. The van der Waals surface area contributed by atoms with Gasteiger partial charge in [-0.25, -0.2) is 0 Å². The Kier molecular flexibility index (Phi) is 12.6. The number of hydrogen-bond acceptors (Lipinski definition) is 6. The van der Waals surface area contributed by atoms with Crippen LogP contribution in [0.25, 0.3) is 10.8 Å². The molecule has 3 aromatic carbocycles. The third kappa shape index (κ3) is 7.42. The quantitative estimate of drug-likeness (QED) is 0.305. The Hall–Kier alpha value is -2.45. The van der Waals surface area contributed by atoms with E-state index in [1.807, 2.05) is 84.0 Å².